The molecule has 0 aliphatic heterocycles. The Kier molecular flexibility index (Phi) is 6.27. The van der Waals surface area contributed by atoms with Crippen LogP contribution >= 0.6 is 23.2 Å². The van der Waals surface area contributed by atoms with Crippen LogP contribution in [0.5, 0.6) is 0 Å². The van der Waals surface area contributed by atoms with E-state index in [9.17, 15) is 13.2 Å². The third kappa shape index (κ3) is 4.97. The molecule has 0 aromatic heterocycles. The predicted octanol–water partition coefficient (Wildman–Crippen LogP) is 3.61. The summed E-state index contributed by atoms with van der Waals surface area (Å²) in [4.78, 5) is 12.1. The second kappa shape index (κ2) is 8.01. The highest BCUT2D eigenvalue weighted by Crippen LogP contribution is 2.24. The van der Waals surface area contributed by atoms with Gasteiger partial charge in [0, 0.05) is 16.6 Å². The first-order chi connectivity index (χ1) is 11.3. The van der Waals surface area contributed by atoms with Gasteiger partial charge in [0.2, 0.25) is 5.91 Å². The largest absolute Gasteiger partial charge is 0.351 e. The number of amides is 1. The molecule has 2 aromatic rings. The van der Waals surface area contributed by atoms with Gasteiger partial charge in [-0.15, -0.1) is 0 Å². The summed E-state index contributed by atoms with van der Waals surface area (Å²) in [5, 5.41) is 2.16. The van der Waals surface area contributed by atoms with Crippen LogP contribution in [0.1, 0.15) is 18.1 Å². The molecule has 0 aliphatic rings. The first kappa shape index (κ1) is 18.8. The van der Waals surface area contributed by atoms with E-state index in [0.29, 0.717) is 10.6 Å². The van der Waals surface area contributed by atoms with Crippen molar-refractivity contribution in [2.45, 2.75) is 24.5 Å². The van der Waals surface area contributed by atoms with Gasteiger partial charge in [-0.3, -0.25) is 4.79 Å². The van der Waals surface area contributed by atoms with Gasteiger partial charge in [0.1, 0.15) is 5.25 Å². The zero-order valence-electron chi connectivity index (χ0n) is 13.0. The number of sulfone groups is 1. The van der Waals surface area contributed by atoms with Gasteiger partial charge in [0.15, 0.2) is 9.84 Å². The molecule has 2 aromatic carbocycles. The van der Waals surface area contributed by atoms with Crippen molar-refractivity contribution in [1.82, 2.24) is 5.32 Å². The average Bonchev–Trinajstić information content (AvgIpc) is 2.55. The molecule has 4 nitrogen and oxygen atoms in total. The molecule has 0 fully saturated rings. The predicted molar refractivity (Wildman–Crippen MR) is 96.8 cm³/mol. The van der Waals surface area contributed by atoms with E-state index in [4.69, 9.17) is 23.2 Å². The molecular weight excluding hydrogens is 369 g/mol. The van der Waals surface area contributed by atoms with Gasteiger partial charge in [-0.05, 0) is 30.2 Å². The molecule has 2 rings (SSSR count). The Balaban J connectivity index is 2.03. The van der Waals surface area contributed by atoms with Crippen molar-refractivity contribution in [3.63, 3.8) is 0 Å². The minimum Gasteiger partial charge on any atom is -0.351 e. The van der Waals surface area contributed by atoms with Crippen LogP contribution in [0, 0.1) is 0 Å². The summed E-state index contributed by atoms with van der Waals surface area (Å²) >= 11 is 11.8. The number of halogens is 2. The van der Waals surface area contributed by atoms with E-state index in [-0.39, 0.29) is 17.3 Å². The fourth-order valence-electron chi connectivity index (χ4n) is 2.07. The Labute approximate surface area is 151 Å². The lowest BCUT2D eigenvalue weighted by atomic mass is 10.2. The standard InChI is InChI=1S/C17H17Cl2NO3S/c1-12(17(21)20-10-13-5-3-2-4-6-13)24(22,23)11-14-7-8-15(18)9-16(14)19/h2-9,12H,10-11H2,1H3,(H,20,21)/t12-/m0/s1. The zero-order valence-corrected chi connectivity index (χ0v) is 15.3. The summed E-state index contributed by atoms with van der Waals surface area (Å²) in [5.74, 6) is -0.855. The Morgan fingerprint density at radius 2 is 1.79 bits per heavy atom. The van der Waals surface area contributed by atoms with E-state index in [2.05, 4.69) is 5.32 Å². The summed E-state index contributed by atoms with van der Waals surface area (Å²) in [5.41, 5.74) is 1.32. The number of hydrogen-bond donors (Lipinski definition) is 1. The number of nitrogens with one attached hydrogen (secondary N) is 1. The third-order valence-corrected chi connectivity index (χ3v) is 6.18. The lowest BCUT2D eigenvalue weighted by Gasteiger charge is -2.14. The van der Waals surface area contributed by atoms with E-state index in [1.54, 1.807) is 12.1 Å². The summed E-state index contributed by atoms with van der Waals surface area (Å²) in [6, 6.07) is 13.9. The molecule has 0 radical (unpaired) electrons. The van der Waals surface area contributed by atoms with Crippen molar-refractivity contribution >= 4 is 38.9 Å². The number of rotatable bonds is 6. The maximum Gasteiger partial charge on any atom is 0.238 e. The van der Waals surface area contributed by atoms with Crippen molar-refractivity contribution in [1.29, 1.82) is 0 Å². The SMILES string of the molecule is C[C@@H](C(=O)NCc1ccccc1)S(=O)(=O)Cc1ccc(Cl)cc1Cl. The van der Waals surface area contributed by atoms with E-state index >= 15 is 0 Å². The summed E-state index contributed by atoms with van der Waals surface area (Å²) < 4.78 is 24.9. The topological polar surface area (TPSA) is 63.2 Å². The number of benzene rings is 2. The minimum atomic E-state index is -3.69. The number of hydrogen-bond acceptors (Lipinski definition) is 3. The molecule has 0 aliphatic carbocycles. The van der Waals surface area contributed by atoms with Crippen LogP contribution in [-0.2, 0) is 26.9 Å². The van der Waals surface area contributed by atoms with Crippen LogP contribution < -0.4 is 5.32 Å². The van der Waals surface area contributed by atoms with E-state index in [1.807, 2.05) is 30.3 Å². The van der Waals surface area contributed by atoms with E-state index < -0.39 is 21.0 Å². The van der Waals surface area contributed by atoms with Crippen LogP contribution in [0.2, 0.25) is 10.0 Å². The molecule has 1 amide bonds. The summed E-state index contributed by atoms with van der Waals surface area (Å²) in [6.45, 7) is 1.65. The fourth-order valence-corrected chi connectivity index (χ4v) is 3.97. The van der Waals surface area contributed by atoms with Gasteiger partial charge >= 0.3 is 0 Å². The van der Waals surface area contributed by atoms with Crippen LogP contribution in [0.3, 0.4) is 0 Å². The minimum absolute atomic E-state index is 0.267. The number of carbonyl (C=O) groups is 1. The maximum absolute atomic E-state index is 12.4. The Hall–Kier alpha value is -1.56. The Bertz CT molecular complexity index is 823. The van der Waals surface area contributed by atoms with Crippen LogP contribution in [0.4, 0.5) is 0 Å². The quantitative estimate of drug-likeness (QED) is 0.825. The maximum atomic E-state index is 12.4. The summed E-state index contributed by atoms with van der Waals surface area (Å²) in [7, 11) is -3.69. The van der Waals surface area contributed by atoms with E-state index in [0.717, 1.165) is 5.56 Å². The average molecular weight is 386 g/mol. The van der Waals surface area contributed by atoms with Crippen LogP contribution in [-0.4, -0.2) is 19.6 Å². The van der Waals surface area contributed by atoms with Gasteiger partial charge in [-0.2, -0.15) is 0 Å². The smallest absolute Gasteiger partial charge is 0.238 e. The molecule has 0 saturated heterocycles. The van der Waals surface area contributed by atoms with Crippen molar-refractivity contribution < 1.29 is 13.2 Å². The normalized spacial score (nSPS) is 12.6. The van der Waals surface area contributed by atoms with Crippen molar-refractivity contribution in [3.05, 3.63) is 69.7 Å². The van der Waals surface area contributed by atoms with Gasteiger partial charge in [0.25, 0.3) is 0 Å². The highest BCUT2D eigenvalue weighted by molar-refractivity contribution is 7.92. The molecule has 7 heteroatoms. The van der Waals surface area contributed by atoms with Gasteiger partial charge < -0.3 is 5.32 Å². The lowest BCUT2D eigenvalue weighted by molar-refractivity contribution is -0.120. The van der Waals surface area contributed by atoms with Crippen molar-refractivity contribution in [2.75, 3.05) is 0 Å². The van der Waals surface area contributed by atoms with Crippen LogP contribution in [0.15, 0.2) is 48.5 Å². The van der Waals surface area contributed by atoms with Gasteiger partial charge in [-0.1, -0.05) is 59.6 Å². The molecular formula is C17H17Cl2NO3S. The first-order valence-electron chi connectivity index (χ1n) is 7.27. The molecule has 0 heterocycles. The van der Waals surface area contributed by atoms with Gasteiger partial charge in [-0.25, -0.2) is 8.42 Å². The molecule has 0 spiro atoms. The third-order valence-electron chi connectivity index (χ3n) is 3.59. The molecule has 1 N–H and O–H groups in total. The molecule has 0 unspecified atom stereocenters. The fraction of sp³-hybridized carbons (Fsp3) is 0.235. The molecule has 0 saturated carbocycles. The van der Waals surface area contributed by atoms with Crippen molar-refractivity contribution in [3.8, 4) is 0 Å². The molecule has 128 valence electrons. The molecule has 24 heavy (non-hydrogen) atoms. The van der Waals surface area contributed by atoms with E-state index in [1.165, 1.54) is 13.0 Å². The molecule has 1 atom stereocenters. The van der Waals surface area contributed by atoms with Gasteiger partial charge in [0.05, 0.1) is 5.75 Å². The summed E-state index contributed by atoms with van der Waals surface area (Å²) in [6.07, 6.45) is 0. The van der Waals surface area contributed by atoms with Crippen LogP contribution in [0.25, 0.3) is 0 Å². The molecule has 0 bridgehead atoms. The Morgan fingerprint density at radius 1 is 1.12 bits per heavy atom. The first-order valence-corrected chi connectivity index (χ1v) is 9.74. The Morgan fingerprint density at radius 3 is 2.42 bits per heavy atom. The monoisotopic (exact) mass is 385 g/mol. The van der Waals surface area contributed by atoms with Crippen molar-refractivity contribution in [2.24, 2.45) is 0 Å². The lowest BCUT2D eigenvalue weighted by Crippen LogP contribution is -2.38. The number of carbonyl (C=O) groups excluding carboxylic acids is 1. The highest BCUT2D eigenvalue weighted by Gasteiger charge is 2.28. The highest BCUT2D eigenvalue weighted by atomic mass is 35.5. The second-order valence-electron chi connectivity index (χ2n) is 5.39. The second-order valence-corrected chi connectivity index (χ2v) is 8.55. The zero-order chi connectivity index (χ0) is 17.7.